The van der Waals surface area contributed by atoms with E-state index < -0.39 is 5.82 Å². The van der Waals surface area contributed by atoms with E-state index in [-0.39, 0.29) is 27.4 Å². The van der Waals surface area contributed by atoms with Gasteiger partial charge in [0.1, 0.15) is 5.82 Å². The Hall–Kier alpha value is -2.06. The number of carbonyl (C=O) groups excluding carboxylic acids is 1. The van der Waals surface area contributed by atoms with Crippen LogP contribution in [0.1, 0.15) is 0 Å². The number of nitrogens with one attached hydrogen (secondary N) is 1. The second kappa shape index (κ2) is 9.63. The van der Waals surface area contributed by atoms with E-state index in [1.54, 1.807) is 28.8 Å². The summed E-state index contributed by atoms with van der Waals surface area (Å²) in [6.45, 7) is 4.07. The molecule has 2 aromatic carbocycles. The molecule has 1 N–H and O–H groups in total. The molecular weight excluding hydrogens is 458 g/mol. The van der Waals surface area contributed by atoms with Crippen LogP contribution in [0.2, 0.25) is 15.1 Å². The highest BCUT2D eigenvalue weighted by atomic mass is 35.5. The van der Waals surface area contributed by atoms with Crippen LogP contribution in [-0.4, -0.2) is 26.4 Å². The first kappa shape index (κ1) is 21.6. The van der Waals surface area contributed by atoms with Gasteiger partial charge in [-0.3, -0.25) is 9.36 Å². The number of allylic oxidation sites excluding steroid dienone is 1. The molecule has 0 saturated carbocycles. The van der Waals surface area contributed by atoms with Crippen molar-refractivity contribution in [1.29, 1.82) is 0 Å². The van der Waals surface area contributed by atoms with Crippen molar-refractivity contribution < 1.29 is 9.18 Å². The normalized spacial score (nSPS) is 10.8. The predicted molar refractivity (Wildman–Crippen MR) is 116 cm³/mol. The minimum Gasteiger partial charge on any atom is -0.323 e. The molecule has 150 valence electrons. The molecule has 0 atom stereocenters. The molecule has 0 aliphatic heterocycles. The zero-order valence-electron chi connectivity index (χ0n) is 14.8. The highest BCUT2D eigenvalue weighted by Crippen LogP contribution is 2.34. The third-order valence-electron chi connectivity index (χ3n) is 3.75. The molecule has 1 amide bonds. The van der Waals surface area contributed by atoms with Crippen molar-refractivity contribution in [3.05, 3.63) is 69.9 Å². The van der Waals surface area contributed by atoms with Crippen LogP contribution in [0.5, 0.6) is 0 Å². The van der Waals surface area contributed by atoms with Gasteiger partial charge in [-0.1, -0.05) is 64.8 Å². The van der Waals surface area contributed by atoms with Gasteiger partial charge in [-0.2, -0.15) is 0 Å². The number of amides is 1. The van der Waals surface area contributed by atoms with Crippen molar-refractivity contribution >= 4 is 58.2 Å². The van der Waals surface area contributed by atoms with E-state index in [1.165, 1.54) is 18.2 Å². The van der Waals surface area contributed by atoms with Crippen LogP contribution in [-0.2, 0) is 11.3 Å². The first-order valence-corrected chi connectivity index (χ1v) is 10.4. The monoisotopic (exact) mass is 470 g/mol. The molecule has 0 aliphatic carbocycles. The summed E-state index contributed by atoms with van der Waals surface area (Å²) >= 11 is 19.2. The maximum absolute atomic E-state index is 14.2. The summed E-state index contributed by atoms with van der Waals surface area (Å²) in [7, 11) is 0. The van der Waals surface area contributed by atoms with Crippen LogP contribution in [0.15, 0.2) is 54.2 Å². The lowest BCUT2D eigenvalue weighted by atomic mass is 10.2. The van der Waals surface area contributed by atoms with Crippen molar-refractivity contribution in [1.82, 2.24) is 14.8 Å². The first-order chi connectivity index (χ1) is 13.9. The van der Waals surface area contributed by atoms with Crippen LogP contribution >= 0.6 is 46.6 Å². The van der Waals surface area contributed by atoms with Crippen molar-refractivity contribution in [2.75, 3.05) is 11.1 Å². The lowest BCUT2D eigenvalue weighted by Gasteiger charge is -2.10. The Morgan fingerprint density at radius 3 is 2.55 bits per heavy atom. The summed E-state index contributed by atoms with van der Waals surface area (Å²) in [6.07, 6.45) is 1.64. The van der Waals surface area contributed by atoms with E-state index in [1.807, 2.05) is 0 Å². The fourth-order valence-corrected chi connectivity index (χ4v) is 4.16. The van der Waals surface area contributed by atoms with Crippen LogP contribution in [0, 0.1) is 5.82 Å². The van der Waals surface area contributed by atoms with Crippen LogP contribution in [0.25, 0.3) is 11.4 Å². The van der Waals surface area contributed by atoms with Gasteiger partial charge in [-0.05, 0) is 24.3 Å². The van der Waals surface area contributed by atoms with Crippen LogP contribution in [0.4, 0.5) is 10.1 Å². The average molecular weight is 472 g/mol. The summed E-state index contributed by atoms with van der Waals surface area (Å²) < 4.78 is 15.8. The molecule has 0 radical (unpaired) electrons. The Morgan fingerprint density at radius 1 is 1.21 bits per heavy atom. The summed E-state index contributed by atoms with van der Waals surface area (Å²) in [4.78, 5) is 12.4. The SMILES string of the molecule is C=CCn1c(SCC(=O)Nc2c(Cl)cc(Cl)cc2Cl)nnc1-c1ccccc1F. The smallest absolute Gasteiger partial charge is 0.234 e. The predicted octanol–water partition coefficient (Wildman–Crippen LogP) is 5.96. The number of thioether (sulfide) groups is 1. The van der Waals surface area contributed by atoms with Gasteiger partial charge in [0.25, 0.3) is 0 Å². The lowest BCUT2D eigenvalue weighted by Crippen LogP contribution is -2.15. The van der Waals surface area contributed by atoms with Crippen molar-refractivity contribution in [2.45, 2.75) is 11.7 Å². The number of nitrogens with zero attached hydrogens (tertiary/aromatic N) is 3. The standard InChI is InChI=1S/C19H14Cl3FN4OS/c1-2-7-27-18(12-5-3-4-6-15(12)23)25-26-19(27)29-10-16(28)24-17-13(21)8-11(20)9-14(17)22/h2-6,8-9H,1,7,10H2,(H,24,28). The largest absolute Gasteiger partial charge is 0.323 e. The Morgan fingerprint density at radius 2 is 1.90 bits per heavy atom. The van der Waals surface area contributed by atoms with Gasteiger partial charge in [-0.15, -0.1) is 16.8 Å². The molecule has 29 heavy (non-hydrogen) atoms. The van der Waals surface area contributed by atoms with E-state index in [0.29, 0.717) is 28.1 Å². The van der Waals surface area contributed by atoms with Gasteiger partial charge in [0.05, 0.1) is 27.0 Å². The summed E-state index contributed by atoms with van der Waals surface area (Å²) in [5.41, 5.74) is 0.598. The maximum atomic E-state index is 14.2. The third-order valence-corrected chi connectivity index (χ3v) is 5.53. The molecule has 0 saturated heterocycles. The second-order valence-electron chi connectivity index (χ2n) is 5.77. The fourth-order valence-electron chi connectivity index (χ4n) is 2.50. The fraction of sp³-hybridized carbons (Fsp3) is 0.105. The zero-order valence-corrected chi connectivity index (χ0v) is 17.9. The van der Waals surface area contributed by atoms with E-state index in [4.69, 9.17) is 34.8 Å². The molecule has 0 unspecified atom stereocenters. The molecule has 0 bridgehead atoms. The van der Waals surface area contributed by atoms with Gasteiger partial charge in [-0.25, -0.2) is 4.39 Å². The number of rotatable bonds is 7. The van der Waals surface area contributed by atoms with E-state index in [9.17, 15) is 9.18 Å². The van der Waals surface area contributed by atoms with E-state index >= 15 is 0 Å². The lowest BCUT2D eigenvalue weighted by molar-refractivity contribution is -0.113. The molecule has 5 nitrogen and oxygen atoms in total. The Balaban J connectivity index is 1.76. The summed E-state index contributed by atoms with van der Waals surface area (Å²) in [5, 5.41) is 12.1. The number of anilines is 1. The van der Waals surface area contributed by atoms with Gasteiger partial charge in [0.2, 0.25) is 5.91 Å². The van der Waals surface area contributed by atoms with Gasteiger partial charge >= 0.3 is 0 Å². The first-order valence-electron chi connectivity index (χ1n) is 8.27. The van der Waals surface area contributed by atoms with Crippen LogP contribution < -0.4 is 5.32 Å². The molecule has 0 fully saturated rings. The van der Waals surface area contributed by atoms with E-state index in [0.717, 1.165) is 11.8 Å². The van der Waals surface area contributed by atoms with Crippen molar-refractivity contribution in [3.8, 4) is 11.4 Å². The van der Waals surface area contributed by atoms with E-state index in [2.05, 4.69) is 22.1 Å². The Bertz CT molecular complexity index is 1050. The molecular formula is C19H14Cl3FN4OS. The third kappa shape index (κ3) is 5.11. The molecule has 3 rings (SSSR count). The molecule has 0 aliphatic rings. The van der Waals surface area contributed by atoms with Gasteiger partial charge in [0, 0.05) is 11.6 Å². The molecule has 1 heterocycles. The van der Waals surface area contributed by atoms with Crippen molar-refractivity contribution in [2.24, 2.45) is 0 Å². The summed E-state index contributed by atoms with van der Waals surface area (Å²) in [6, 6.07) is 9.25. The van der Waals surface area contributed by atoms with Crippen molar-refractivity contribution in [3.63, 3.8) is 0 Å². The summed E-state index contributed by atoms with van der Waals surface area (Å²) in [5.74, 6) is -0.384. The minimum absolute atomic E-state index is 0.0157. The quantitative estimate of drug-likeness (QED) is 0.341. The highest BCUT2D eigenvalue weighted by molar-refractivity contribution is 7.99. The maximum Gasteiger partial charge on any atom is 0.234 e. The number of halogens is 4. The average Bonchev–Trinajstić information content (AvgIpc) is 3.06. The zero-order chi connectivity index (χ0) is 21.0. The minimum atomic E-state index is -0.411. The van der Waals surface area contributed by atoms with Crippen LogP contribution in [0.3, 0.4) is 0 Å². The molecule has 0 spiro atoms. The molecule has 3 aromatic rings. The highest BCUT2D eigenvalue weighted by Gasteiger charge is 2.18. The molecule has 10 heteroatoms. The number of aromatic nitrogens is 3. The Kier molecular flexibility index (Phi) is 7.18. The second-order valence-corrected chi connectivity index (χ2v) is 7.96. The molecule has 1 aromatic heterocycles. The Labute approximate surface area is 185 Å². The van der Waals surface area contributed by atoms with Gasteiger partial charge in [0.15, 0.2) is 11.0 Å². The number of benzene rings is 2. The number of hydrogen-bond donors (Lipinski definition) is 1. The van der Waals surface area contributed by atoms with Gasteiger partial charge < -0.3 is 5.32 Å². The number of carbonyl (C=O) groups is 1. The number of hydrogen-bond acceptors (Lipinski definition) is 4. The topological polar surface area (TPSA) is 59.8 Å².